The highest BCUT2D eigenvalue weighted by Gasteiger charge is 2.32. The molecule has 2 rings (SSSR count). The van der Waals surface area contributed by atoms with Crippen molar-refractivity contribution in [3.63, 3.8) is 0 Å². The minimum Gasteiger partial charge on any atom is -0.481 e. The maximum atomic E-state index is 13.5. The molecule has 18 heteroatoms. The number of hydrogen-bond donors (Lipinski definition) is 7. The number of carbonyl (C=O) groups excluding carboxylic acids is 8. The van der Waals surface area contributed by atoms with Crippen LogP contribution in [0.3, 0.4) is 0 Å². The predicted octanol–water partition coefficient (Wildman–Crippen LogP) is -0.0168. The van der Waals surface area contributed by atoms with Gasteiger partial charge in [-0.05, 0) is 70.2 Å². The first-order valence-electron chi connectivity index (χ1n) is 16.2. The Hall–Kier alpha value is -6.07. The first-order chi connectivity index (χ1) is 24.3. The molecule has 1 aromatic carbocycles. The van der Waals surface area contributed by atoms with E-state index in [1.54, 1.807) is 45.0 Å². The number of carboxylic acid groups (broad SMARTS) is 1. The van der Waals surface area contributed by atoms with Crippen LogP contribution in [0.15, 0.2) is 48.6 Å². The Morgan fingerprint density at radius 1 is 0.885 bits per heavy atom. The van der Waals surface area contributed by atoms with E-state index in [9.17, 15) is 48.3 Å². The van der Waals surface area contributed by atoms with E-state index in [4.69, 9.17) is 10.5 Å². The number of imide groups is 1. The summed E-state index contributed by atoms with van der Waals surface area (Å²) in [6.45, 7) is 9.68. The van der Waals surface area contributed by atoms with Crippen LogP contribution in [0.5, 0.6) is 0 Å². The number of nitrogens with one attached hydrogen (secondary N) is 5. The van der Waals surface area contributed by atoms with Crippen molar-refractivity contribution < 1.29 is 53.0 Å². The molecule has 0 unspecified atom stereocenters. The average molecular weight is 728 g/mol. The highest BCUT2D eigenvalue weighted by atomic mass is 16.5. The molecule has 8 amide bonds. The number of aliphatic carboxylic acids is 1. The van der Waals surface area contributed by atoms with Gasteiger partial charge in [0.1, 0.15) is 31.3 Å². The van der Waals surface area contributed by atoms with Crippen molar-refractivity contribution in [3.05, 3.63) is 54.1 Å². The van der Waals surface area contributed by atoms with E-state index >= 15 is 0 Å². The van der Waals surface area contributed by atoms with E-state index in [-0.39, 0.29) is 37.5 Å². The Kier molecular flexibility index (Phi) is 15.7. The summed E-state index contributed by atoms with van der Waals surface area (Å²) >= 11 is 0. The Balaban J connectivity index is 2.17. The zero-order chi connectivity index (χ0) is 39.2. The first-order valence-corrected chi connectivity index (χ1v) is 16.2. The molecule has 18 nitrogen and oxygen atoms in total. The van der Waals surface area contributed by atoms with Gasteiger partial charge in [0.25, 0.3) is 11.8 Å². The monoisotopic (exact) mass is 727 g/mol. The maximum absolute atomic E-state index is 13.5. The number of amides is 8. The summed E-state index contributed by atoms with van der Waals surface area (Å²) in [5.41, 5.74) is 5.56. The normalized spacial score (nSPS) is 14.0. The van der Waals surface area contributed by atoms with E-state index < -0.39 is 90.4 Å². The molecular weight excluding hydrogens is 682 g/mol. The third-order valence-electron chi connectivity index (χ3n) is 7.35. The van der Waals surface area contributed by atoms with Crippen molar-refractivity contribution in [3.8, 4) is 0 Å². The third kappa shape index (κ3) is 14.0. The average Bonchev–Trinajstić information content (AvgIpc) is 3.37. The maximum Gasteiger partial charge on any atom is 0.312 e. The minimum atomic E-state index is -1.50. The Morgan fingerprint density at radius 2 is 1.48 bits per heavy atom. The van der Waals surface area contributed by atoms with Crippen LogP contribution in [-0.4, -0.2) is 94.6 Å². The number of nitrogens with zero attached hydrogens (tertiary/aromatic N) is 1. The lowest BCUT2D eigenvalue weighted by Crippen LogP contribution is -2.57. The quantitative estimate of drug-likeness (QED) is 0.0431. The summed E-state index contributed by atoms with van der Waals surface area (Å²) in [6, 6.07) is 1.46. The first kappa shape index (κ1) is 42.1. The van der Waals surface area contributed by atoms with Gasteiger partial charge in [0, 0.05) is 30.8 Å². The molecule has 1 aromatic rings. The van der Waals surface area contributed by atoms with Crippen LogP contribution in [0.4, 0.5) is 10.5 Å². The van der Waals surface area contributed by atoms with Crippen LogP contribution in [0.2, 0.25) is 0 Å². The van der Waals surface area contributed by atoms with Crippen molar-refractivity contribution in [1.29, 1.82) is 0 Å². The van der Waals surface area contributed by atoms with Gasteiger partial charge in [-0.25, -0.2) is 4.79 Å². The summed E-state index contributed by atoms with van der Waals surface area (Å²) in [5.74, 6) is -6.60. The van der Waals surface area contributed by atoms with Gasteiger partial charge in [0.2, 0.25) is 23.6 Å². The number of ether oxygens (including phenoxy) is 1. The highest BCUT2D eigenvalue weighted by molar-refractivity contribution is 6.14. The zero-order valence-corrected chi connectivity index (χ0v) is 29.4. The van der Waals surface area contributed by atoms with Crippen LogP contribution < -0.4 is 32.3 Å². The smallest absolute Gasteiger partial charge is 0.312 e. The number of anilines is 1. The fraction of sp³-hybridized carbons (Fsp3) is 0.441. The summed E-state index contributed by atoms with van der Waals surface area (Å²) in [5, 5.41) is 21.5. The molecule has 0 spiro atoms. The Bertz CT molecular complexity index is 1580. The van der Waals surface area contributed by atoms with Crippen LogP contribution in [0.1, 0.15) is 58.9 Å². The molecule has 52 heavy (non-hydrogen) atoms. The van der Waals surface area contributed by atoms with E-state index in [0.29, 0.717) is 16.2 Å². The van der Waals surface area contributed by atoms with Crippen molar-refractivity contribution in [2.75, 3.05) is 18.4 Å². The number of nitrogens with two attached hydrogens (primary N) is 1. The second-order valence-electron chi connectivity index (χ2n) is 12.9. The van der Waals surface area contributed by atoms with E-state index in [1.165, 1.54) is 6.92 Å². The molecule has 0 saturated carbocycles. The van der Waals surface area contributed by atoms with Gasteiger partial charge in [-0.2, -0.15) is 0 Å². The van der Waals surface area contributed by atoms with Gasteiger partial charge in [0.15, 0.2) is 0 Å². The molecular formula is C34H45N7O11. The topological polar surface area (TPSA) is 272 Å². The van der Waals surface area contributed by atoms with Crippen LogP contribution in [-0.2, 0) is 49.7 Å². The van der Waals surface area contributed by atoms with E-state index in [1.807, 2.05) is 0 Å². The van der Waals surface area contributed by atoms with Gasteiger partial charge in [-0.15, -0.1) is 0 Å². The second kappa shape index (κ2) is 19.4. The number of benzene rings is 1. The summed E-state index contributed by atoms with van der Waals surface area (Å²) in [7, 11) is 0. The van der Waals surface area contributed by atoms with Crippen LogP contribution >= 0.6 is 0 Å². The second-order valence-corrected chi connectivity index (χ2v) is 12.9. The number of esters is 1. The van der Waals surface area contributed by atoms with Crippen molar-refractivity contribution in [2.24, 2.45) is 11.1 Å². The van der Waals surface area contributed by atoms with E-state index in [0.717, 1.165) is 12.2 Å². The van der Waals surface area contributed by atoms with Gasteiger partial charge in [0.05, 0.1) is 5.41 Å². The zero-order valence-electron chi connectivity index (χ0n) is 29.4. The number of urea groups is 1. The summed E-state index contributed by atoms with van der Waals surface area (Å²) in [6.07, 6.45) is 1.17. The molecule has 1 aliphatic heterocycles. The molecule has 0 aliphatic carbocycles. The number of primary amides is 1. The SMILES string of the molecule is C=C(C)[C@H](NC(=O)[C@H](CCC(=O)O)NC(=O)CN1C(=O)C=CC1=O)C(=O)N[C@@H](CCCNC(N)=O)C(=O)Nc1ccc(COC(=O)C(C)(C)C)cc1. The van der Waals surface area contributed by atoms with Crippen molar-refractivity contribution in [2.45, 2.75) is 78.1 Å². The molecule has 1 aliphatic rings. The summed E-state index contributed by atoms with van der Waals surface area (Å²) in [4.78, 5) is 112. The highest BCUT2D eigenvalue weighted by Crippen LogP contribution is 2.18. The lowest BCUT2D eigenvalue weighted by Gasteiger charge is -2.26. The van der Waals surface area contributed by atoms with Crippen molar-refractivity contribution in [1.82, 2.24) is 26.2 Å². The largest absolute Gasteiger partial charge is 0.481 e. The van der Waals surface area contributed by atoms with E-state index in [2.05, 4.69) is 33.2 Å². The molecule has 0 aromatic heterocycles. The minimum absolute atomic E-state index is 0.00956. The predicted molar refractivity (Wildman–Crippen MR) is 184 cm³/mol. The van der Waals surface area contributed by atoms with Gasteiger partial charge < -0.3 is 42.2 Å². The lowest BCUT2D eigenvalue weighted by molar-refractivity contribution is -0.154. The third-order valence-corrected chi connectivity index (χ3v) is 7.35. The van der Waals surface area contributed by atoms with Gasteiger partial charge >= 0.3 is 18.0 Å². The fourth-order valence-electron chi connectivity index (χ4n) is 4.48. The standard InChI is InChI=1S/C34H45N7O11/c1-19(2)28(40-30(48)23(12-15-27(45)46)38-24(42)17-41-25(43)13-14-26(41)44)31(49)39-22(7-6-16-36-33(35)51)29(47)37-21-10-8-20(9-11-21)18-52-32(50)34(3,4)5/h8-11,13-14,22-23,28H,1,6-7,12,15-18H2,2-5H3,(H,37,47)(H,38,42)(H,39,49)(H,40,48)(H,45,46)(H3,35,36,51)/t22-,23-,28-/m0/s1. The molecule has 0 saturated heterocycles. The summed E-state index contributed by atoms with van der Waals surface area (Å²) < 4.78 is 5.30. The molecule has 0 fully saturated rings. The van der Waals surface area contributed by atoms with Crippen LogP contribution in [0, 0.1) is 5.41 Å². The Labute approximate surface area is 299 Å². The molecule has 0 bridgehead atoms. The number of rotatable bonds is 19. The lowest BCUT2D eigenvalue weighted by atomic mass is 9.97. The van der Waals surface area contributed by atoms with Gasteiger partial charge in [-0.3, -0.25) is 43.3 Å². The van der Waals surface area contributed by atoms with Crippen molar-refractivity contribution >= 4 is 59.1 Å². The van der Waals surface area contributed by atoms with Crippen LogP contribution in [0.25, 0.3) is 0 Å². The number of carbonyl (C=O) groups is 9. The molecule has 8 N–H and O–H groups in total. The number of carboxylic acids is 1. The molecule has 0 radical (unpaired) electrons. The fourth-order valence-corrected chi connectivity index (χ4v) is 4.48. The van der Waals surface area contributed by atoms with Gasteiger partial charge in [-0.1, -0.05) is 18.7 Å². The number of hydrogen-bond acceptors (Lipinski definition) is 10. The Morgan fingerprint density at radius 3 is 2.02 bits per heavy atom. The molecule has 1 heterocycles. The molecule has 3 atom stereocenters. The molecule has 282 valence electrons.